The third kappa shape index (κ3) is 3.78. The quantitative estimate of drug-likeness (QED) is 0.760. The van der Waals surface area contributed by atoms with Gasteiger partial charge in [-0.1, -0.05) is 6.07 Å². The van der Waals surface area contributed by atoms with Crippen LogP contribution < -0.4 is 19.9 Å². The fourth-order valence-corrected chi connectivity index (χ4v) is 4.36. The lowest BCUT2D eigenvalue weighted by molar-refractivity contribution is 0.126. The van der Waals surface area contributed by atoms with Gasteiger partial charge in [0.05, 0.1) is 25.4 Å². The van der Waals surface area contributed by atoms with Gasteiger partial charge in [0.25, 0.3) is 0 Å². The van der Waals surface area contributed by atoms with E-state index in [0.29, 0.717) is 11.8 Å². The molecule has 2 aliphatic carbocycles. The van der Waals surface area contributed by atoms with Gasteiger partial charge in [-0.25, -0.2) is 14.2 Å². The number of nitrogens with one attached hydrogen (secondary N) is 1. The Balaban J connectivity index is 1.45. The number of carbonyl (C=O) groups is 1. The maximum Gasteiger partial charge on any atom is 0.330 e. The lowest BCUT2D eigenvalue weighted by Gasteiger charge is -2.36. The number of ether oxygens (including phenoxy) is 1. The molecule has 2 aromatic rings. The summed E-state index contributed by atoms with van der Waals surface area (Å²) in [4.78, 5) is 25.6. The van der Waals surface area contributed by atoms with Crippen LogP contribution in [-0.4, -0.2) is 46.4 Å². The Labute approximate surface area is 180 Å². The molecule has 2 N–H and O–H groups in total. The summed E-state index contributed by atoms with van der Waals surface area (Å²) >= 11 is 0. The molecule has 8 nitrogen and oxygen atoms in total. The highest BCUT2D eigenvalue weighted by molar-refractivity contribution is 6.06. The van der Waals surface area contributed by atoms with Gasteiger partial charge in [0.2, 0.25) is 5.95 Å². The zero-order valence-corrected chi connectivity index (χ0v) is 17.4. The number of fused-ring (bicyclic) bond motifs is 1. The first-order valence-corrected chi connectivity index (χ1v) is 10.8. The number of carbonyl (C=O) groups excluding carboxylic acids is 1. The third-order valence-electron chi connectivity index (χ3n) is 6.23. The Morgan fingerprint density at radius 2 is 1.97 bits per heavy atom. The number of hydrogen-bond acceptors (Lipinski definition) is 6. The minimum Gasteiger partial charge on any atom is -0.494 e. The molecular formula is C22H26FN5O3. The summed E-state index contributed by atoms with van der Waals surface area (Å²) in [6.07, 6.45) is 6.52. The van der Waals surface area contributed by atoms with Crippen molar-refractivity contribution in [3.05, 3.63) is 35.8 Å². The second kappa shape index (κ2) is 7.96. The summed E-state index contributed by atoms with van der Waals surface area (Å²) < 4.78 is 20.0. The molecule has 0 atom stereocenters. The minimum atomic E-state index is -0.559. The second-order valence-corrected chi connectivity index (χ2v) is 8.46. The molecule has 2 amide bonds. The van der Waals surface area contributed by atoms with E-state index < -0.39 is 5.82 Å². The van der Waals surface area contributed by atoms with Crippen LogP contribution in [-0.2, 0) is 6.54 Å². The van der Waals surface area contributed by atoms with Crippen molar-refractivity contribution >= 4 is 23.5 Å². The van der Waals surface area contributed by atoms with E-state index in [0.717, 1.165) is 44.1 Å². The Bertz CT molecular complexity index is 991. The first-order chi connectivity index (χ1) is 15.0. The number of nitrogens with zero attached hydrogens (tertiary/aromatic N) is 4. The molecule has 2 heterocycles. The molecule has 0 bridgehead atoms. The monoisotopic (exact) mass is 427 g/mol. The molecule has 2 saturated carbocycles. The maximum absolute atomic E-state index is 14.9. The number of aliphatic hydroxyl groups excluding tert-OH is 1. The molecular weight excluding hydrogens is 401 g/mol. The van der Waals surface area contributed by atoms with Crippen molar-refractivity contribution < 1.29 is 19.0 Å². The number of urea groups is 1. The Morgan fingerprint density at radius 3 is 2.68 bits per heavy atom. The summed E-state index contributed by atoms with van der Waals surface area (Å²) in [7, 11) is 1.40. The summed E-state index contributed by atoms with van der Waals surface area (Å²) in [5, 5.41) is 13.1. The van der Waals surface area contributed by atoms with Crippen LogP contribution in [0.1, 0.15) is 44.1 Å². The van der Waals surface area contributed by atoms with Gasteiger partial charge in [0.15, 0.2) is 11.6 Å². The van der Waals surface area contributed by atoms with Crippen molar-refractivity contribution in [1.29, 1.82) is 0 Å². The average molecular weight is 427 g/mol. The van der Waals surface area contributed by atoms with Gasteiger partial charge in [-0.05, 0) is 50.7 Å². The first kappa shape index (κ1) is 20.0. The molecule has 5 rings (SSSR count). The van der Waals surface area contributed by atoms with Crippen molar-refractivity contribution in [2.75, 3.05) is 22.2 Å². The molecule has 1 aliphatic heterocycles. The van der Waals surface area contributed by atoms with Crippen LogP contribution >= 0.6 is 0 Å². The SMILES string of the molecule is COc1cccc(N2Cc3cnc(NC4CCC(O)CC4)nc3N(C3CC3)C2=O)c1F. The van der Waals surface area contributed by atoms with E-state index in [1.54, 1.807) is 23.2 Å². The zero-order valence-electron chi connectivity index (χ0n) is 17.4. The van der Waals surface area contributed by atoms with Crippen molar-refractivity contribution in [2.45, 2.75) is 63.3 Å². The Kier molecular flexibility index (Phi) is 5.13. The lowest BCUT2D eigenvalue weighted by Crippen LogP contribution is -2.49. The maximum atomic E-state index is 14.9. The number of methoxy groups -OCH3 is 1. The van der Waals surface area contributed by atoms with Crippen LogP contribution in [0.5, 0.6) is 5.75 Å². The van der Waals surface area contributed by atoms with Gasteiger partial charge in [-0.15, -0.1) is 0 Å². The van der Waals surface area contributed by atoms with Crippen LogP contribution in [0.3, 0.4) is 0 Å². The van der Waals surface area contributed by atoms with Gasteiger partial charge in [0.1, 0.15) is 5.82 Å². The molecule has 31 heavy (non-hydrogen) atoms. The number of rotatable bonds is 5. The second-order valence-electron chi connectivity index (χ2n) is 8.46. The van der Waals surface area contributed by atoms with E-state index >= 15 is 0 Å². The highest BCUT2D eigenvalue weighted by atomic mass is 19.1. The summed E-state index contributed by atoms with van der Waals surface area (Å²) in [6.45, 7) is 0.192. The molecule has 3 aliphatic rings. The number of hydrogen-bond donors (Lipinski definition) is 2. The lowest BCUT2D eigenvalue weighted by atomic mass is 9.93. The van der Waals surface area contributed by atoms with E-state index in [-0.39, 0.29) is 42.2 Å². The third-order valence-corrected chi connectivity index (χ3v) is 6.23. The van der Waals surface area contributed by atoms with Gasteiger partial charge in [-0.2, -0.15) is 4.98 Å². The van der Waals surface area contributed by atoms with E-state index in [4.69, 9.17) is 4.74 Å². The number of aliphatic hydroxyl groups is 1. The molecule has 0 spiro atoms. The number of amides is 2. The standard InChI is InChI=1S/C22H26FN5O3/c1-31-18-4-2-3-17(19(18)23)27-12-13-11-24-21(25-14-5-9-16(29)10-6-14)26-20(13)28(22(27)30)15-7-8-15/h2-4,11,14-16,29H,5-10,12H2,1H3,(H,24,25,26). The van der Waals surface area contributed by atoms with E-state index in [1.165, 1.54) is 18.1 Å². The molecule has 2 fully saturated rings. The highest BCUT2D eigenvalue weighted by Crippen LogP contribution is 2.40. The number of halogens is 1. The molecule has 0 radical (unpaired) electrons. The molecule has 9 heteroatoms. The molecule has 164 valence electrons. The largest absolute Gasteiger partial charge is 0.494 e. The smallest absolute Gasteiger partial charge is 0.330 e. The van der Waals surface area contributed by atoms with Gasteiger partial charge in [0, 0.05) is 23.8 Å². The van der Waals surface area contributed by atoms with Crippen LogP contribution in [0.2, 0.25) is 0 Å². The molecule has 0 unspecified atom stereocenters. The Morgan fingerprint density at radius 1 is 1.19 bits per heavy atom. The van der Waals surface area contributed by atoms with E-state index in [2.05, 4.69) is 15.3 Å². The summed E-state index contributed by atoms with van der Waals surface area (Å²) in [5.41, 5.74) is 0.960. The fourth-order valence-electron chi connectivity index (χ4n) is 4.36. The van der Waals surface area contributed by atoms with Crippen LogP contribution in [0.4, 0.5) is 26.6 Å². The Hall–Kier alpha value is -2.94. The molecule has 0 saturated heterocycles. The highest BCUT2D eigenvalue weighted by Gasteiger charge is 2.42. The first-order valence-electron chi connectivity index (χ1n) is 10.8. The summed E-state index contributed by atoms with van der Waals surface area (Å²) in [5.74, 6) is 0.624. The number of anilines is 3. The van der Waals surface area contributed by atoms with Gasteiger partial charge in [-0.3, -0.25) is 9.80 Å². The number of benzene rings is 1. The normalized spacial score (nSPS) is 23.5. The van der Waals surface area contributed by atoms with Crippen molar-refractivity contribution in [3.63, 3.8) is 0 Å². The predicted molar refractivity (Wildman–Crippen MR) is 114 cm³/mol. The topological polar surface area (TPSA) is 90.8 Å². The van der Waals surface area contributed by atoms with E-state index in [1.807, 2.05) is 0 Å². The number of aromatic nitrogens is 2. The van der Waals surface area contributed by atoms with Crippen molar-refractivity contribution in [2.24, 2.45) is 0 Å². The minimum absolute atomic E-state index is 0.0651. The van der Waals surface area contributed by atoms with E-state index in [9.17, 15) is 14.3 Å². The van der Waals surface area contributed by atoms with Crippen LogP contribution in [0.25, 0.3) is 0 Å². The fraction of sp³-hybridized carbons (Fsp3) is 0.500. The van der Waals surface area contributed by atoms with Crippen LogP contribution in [0.15, 0.2) is 24.4 Å². The van der Waals surface area contributed by atoms with Crippen LogP contribution in [0, 0.1) is 5.82 Å². The van der Waals surface area contributed by atoms with Gasteiger partial charge < -0.3 is 15.2 Å². The molecule has 1 aromatic carbocycles. The van der Waals surface area contributed by atoms with Crippen molar-refractivity contribution in [1.82, 2.24) is 9.97 Å². The predicted octanol–water partition coefficient (Wildman–Crippen LogP) is 3.45. The zero-order chi connectivity index (χ0) is 21.5. The molecule has 1 aromatic heterocycles. The van der Waals surface area contributed by atoms with Gasteiger partial charge >= 0.3 is 6.03 Å². The summed E-state index contributed by atoms with van der Waals surface area (Å²) in [6, 6.07) is 4.78. The average Bonchev–Trinajstić information content (AvgIpc) is 3.60. The van der Waals surface area contributed by atoms with Crippen molar-refractivity contribution in [3.8, 4) is 5.75 Å².